The Morgan fingerprint density at radius 3 is 2.62 bits per heavy atom. The molecule has 1 saturated heterocycles. The van der Waals surface area contributed by atoms with Gasteiger partial charge in [-0.1, -0.05) is 11.6 Å². The van der Waals surface area contributed by atoms with Gasteiger partial charge in [0.05, 0.1) is 33.8 Å². The third-order valence-electron chi connectivity index (χ3n) is 5.13. The summed E-state index contributed by atoms with van der Waals surface area (Å²) in [5, 5.41) is 0.496. The molecule has 0 bridgehead atoms. The fourth-order valence-corrected chi connectivity index (χ4v) is 3.70. The van der Waals surface area contributed by atoms with Gasteiger partial charge in [0, 0.05) is 31.4 Å². The summed E-state index contributed by atoms with van der Waals surface area (Å²) >= 11 is 5.93. The normalized spacial score (nSPS) is 20.6. The molecule has 1 aromatic carbocycles. The lowest BCUT2D eigenvalue weighted by Gasteiger charge is -2.34. The Labute approximate surface area is 177 Å². The van der Waals surface area contributed by atoms with Crippen molar-refractivity contribution in [2.45, 2.75) is 31.6 Å². The van der Waals surface area contributed by atoms with Gasteiger partial charge in [-0.05, 0) is 25.5 Å². The van der Waals surface area contributed by atoms with Crippen molar-refractivity contribution in [1.29, 1.82) is 0 Å². The largest absolute Gasteiger partial charge is 0.340 e. The van der Waals surface area contributed by atoms with Gasteiger partial charge in [-0.15, -0.1) is 12.4 Å². The van der Waals surface area contributed by atoms with Crippen LogP contribution in [-0.2, 0) is 0 Å². The maximum Gasteiger partial charge on any atom is 0.207 e. The van der Waals surface area contributed by atoms with Crippen molar-refractivity contribution in [1.82, 2.24) is 14.5 Å². The Hall–Kier alpha value is -2.03. The van der Waals surface area contributed by atoms with Gasteiger partial charge >= 0.3 is 0 Å². The van der Waals surface area contributed by atoms with Crippen LogP contribution in [0.2, 0.25) is 5.02 Å². The van der Waals surface area contributed by atoms with E-state index in [0.29, 0.717) is 34.2 Å². The minimum atomic E-state index is -1.08. The third kappa shape index (κ3) is 4.01. The van der Waals surface area contributed by atoms with E-state index in [1.54, 1.807) is 16.7 Å². The fourth-order valence-electron chi connectivity index (χ4n) is 3.58. The maximum atomic E-state index is 14.0. The average Bonchev–Trinajstić information content (AvgIpc) is 3.02. The molecule has 2 unspecified atom stereocenters. The third-order valence-corrected chi connectivity index (χ3v) is 5.36. The Balaban J connectivity index is 0.00000240. The van der Waals surface area contributed by atoms with Gasteiger partial charge in [-0.3, -0.25) is 4.98 Å². The predicted octanol–water partition coefficient (Wildman–Crippen LogP) is 4.27. The minimum absolute atomic E-state index is 0. The van der Waals surface area contributed by atoms with E-state index in [4.69, 9.17) is 17.3 Å². The van der Waals surface area contributed by atoms with Crippen LogP contribution in [0.4, 0.5) is 19.1 Å². The number of alkyl halides is 1. The number of nitrogens with zero attached hydrogens (tertiary/aromatic N) is 4. The summed E-state index contributed by atoms with van der Waals surface area (Å²) in [6.07, 6.45) is 0.705. The van der Waals surface area contributed by atoms with Crippen LogP contribution < -0.4 is 10.6 Å². The van der Waals surface area contributed by atoms with Gasteiger partial charge in [0.2, 0.25) is 5.95 Å². The molecule has 5 nitrogen and oxygen atoms in total. The first-order valence-corrected chi connectivity index (χ1v) is 9.36. The number of hydrogen-bond donors (Lipinski definition) is 1. The molecule has 2 N–H and O–H groups in total. The molecule has 1 aliphatic rings. The summed E-state index contributed by atoms with van der Waals surface area (Å²) in [5.41, 5.74) is 7.32. The number of benzene rings is 1. The Bertz CT molecular complexity index is 1010. The van der Waals surface area contributed by atoms with E-state index in [9.17, 15) is 13.2 Å². The van der Waals surface area contributed by atoms with Crippen molar-refractivity contribution >= 4 is 41.0 Å². The molecule has 4 rings (SSSR count). The van der Waals surface area contributed by atoms with Crippen LogP contribution in [0.15, 0.2) is 30.5 Å². The highest BCUT2D eigenvalue weighted by Crippen LogP contribution is 2.32. The Morgan fingerprint density at radius 2 is 1.97 bits per heavy atom. The Kier molecular flexibility index (Phi) is 6.26. The highest BCUT2D eigenvalue weighted by Gasteiger charge is 2.31. The molecular weight excluding hydrogens is 426 g/mol. The van der Waals surface area contributed by atoms with E-state index >= 15 is 0 Å². The summed E-state index contributed by atoms with van der Waals surface area (Å²) in [6, 6.07) is 4.66. The van der Waals surface area contributed by atoms with Crippen molar-refractivity contribution in [3.63, 3.8) is 0 Å². The molecular formula is C19H20Cl2F3N5. The van der Waals surface area contributed by atoms with Crippen molar-refractivity contribution in [3.05, 3.63) is 52.8 Å². The van der Waals surface area contributed by atoms with E-state index in [0.717, 1.165) is 12.1 Å². The van der Waals surface area contributed by atoms with E-state index in [1.807, 2.05) is 11.8 Å². The van der Waals surface area contributed by atoms with Crippen LogP contribution in [-0.4, -0.2) is 39.8 Å². The smallest absolute Gasteiger partial charge is 0.207 e. The fraction of sp³-hybridized carbons (Fsp3) is 0.368. The Morgan fingerprint density at radius 1 is 1.24 bits per heavy atom. The first-order chi connectivity index (χ1) is 13.3. The molecule has 0 amide bonds. The van der Waals surface area contributed by atoms with E-state index in [2.05, 4.69) is 9.97 Å². The predicted molar refractivity (Wildman–Crippen MR) is 110 cm³/mol. The number of rotatable bonds is 3. The van der Waals surface area contributed by atoms with E-state index < -0.39 is 23.8 Å². The van der Waals surface area contributed by atoms with E-state index in [-0.39, 0.29) is 31.4 Å². The number of fused-ring (bicyclic) bond motifs is 1. The summed E-state index contributed by atoms with van der Waals surface area (Å²) in [7, 11) is 0. The van der Waals surface area contributed by atoms with Gasteiger partial charge in [-0.2, -0.15) is 0 Å². The molecule has 10 heteroatoms. The standard InChI is InChI=1S/C19H19ClF3N5.ClH/c1-10(16-3-2-11(20)8-25-16)28-18-7-14(23)13(22)6-17(18)26-19(28)27-5-4-12(21)15(24)9-27;/h2-3,6-8,10,12,15H,4-5,9,24H2,1H3;1H/t10-,12?,15?;/m0./s1. The lowest BCUT2D eigenvalue weighted by Crippen LogP contribution is -2.50. The first-order valence-electron chi connectivity index (χ1n) is 8.98. The van der Waals surface area contributed by atoms with Crippen LogP contribution in [0.3, 0.4) is 0 Å². The molecule has 0 radical (unpaired) electrons. The maximum absolute atomic E-state index is 14.0. The molecule has 2 aromatic heterocycles. The highest BCUT2D eigenvalue weighted by atomic mass is 35.5. The topological polar surface area (TPSA) is 60.0 Å². The van der Waals surface area contributed by atoms with Crippen LogP contribution in [0.5, 0.6) is 0 Å². The quantitative estimate of drug-likeness (QED) is 0.653. The summed E-state index contributed by atoms with van der Waals surface area (Å²) in [4.78, 5) is 10.7. The molecule has 0 aliphatic carbocycles. The zero-order valence-corrected chi connectivity index (χ0v) is 17.1. The first kappa shape index (κ1) is 21.7. The number of nitrogens with two attached hydrogens (primary N) is 1. The van der Waals surface area contributed by atoms with Gasteiger partial charge in [-0.25, -0.2) is 18.2 Å². The number of imidazole rings is 1. The van der Waals surface area contributed by atoms with Gasteiger partial charge < -0.3 is 15.2 Å². The van der Waals surface area contributed by atoms with Crippen molar-refractivity contribution in [2.75, 3.05) is 18.0 Å². The molecule has 1 fully saturated rings. The summed E-state index contributed by atoms with van der Waals surface area (Å²) in [6.45, 7) is 2.55. The molecule has 1 aliphatic heterocycles. The molecule has 0 saturated carbocycles. The molecule has 29 heavy (non-hydrogen) atoms. The number of halogens is 5. The minimum Gasteiger partial charge on any atom is -0.340 e. The number of hydrogen-bond acceptors (Lipinski definition) is 4. The molecule has 3 atom stereocenters. The van der Waals surface area contributed by atoms with Gasteiger partial charge in [0.15, 0.2) is 11.6 Å². The van der Waals surface area contributed by atoms with E-state index in [1.165, 1.54) is 6.20 Å². The van der Waals surface area contributed by atoms with Gasteiger partial charge in [0.1, 0.15) is 6.17 Å². The second kappa shape index (κ2) is 8.38. The van der Waals surface area contributed by atoms with Crippen LogP contribution in [0.1, 0.15) is 25.1 Å². The van der Waals surface area contributed by atoms with Gasteiger partial charge in [0.25, 0.3) is 0 Å². The van der Waals surface area contributed by atoms with Crippen molar-refractivity contribution < 1.29 is 13.2 Å². The average molecular weight is 446 g/mol. The number of anilines is 1. The van der Waals surface area contributed by atoms with Crippen LogP contribution in [0, 0.1) is 11.6 Å². The molecule has 3 aromatic rings. The summed E-state index contributed by atoms with van der Waals surface area (Å²) in [5.74, 6) is -1.46. The molecule has 0 spiro atoms. The van der Waals surface area contributed by atoms with Crippen LogP contribution in [0.25, 0.3) is 11.0 Å². The van der Waals surface area contributed by atoms with Crippen LogP contribution >= 0.6 is 24.0 Å². The highest BCUT2D eigenvalue weighted by molar-refractivity contribution is 6.30. The second-order valence-electron chi connectivity index (χ2n) is 7.03. The second-order valence-corrected chi connectivity index (χ2v) is 7.47. The zero-order chi connectivity index (χ0) is 20.0. The SMILES string of the molecule is C[C@@H](c1ccc(Cl)cn1)n1c(N2CCC(F)C(N)C2)nc2cc(F)c(F)cc21.Cl. The monoisotopic (exact) mass is 445 g/mol. The van der Waals surface area contributed by atoms with Crippen molar-refractivity contribution in [3.8, 4) is 0 Å². The summed E-state index contributed by atoms with van der Waals surface area (Å²) < 4.78 is 43.4. The van der Waals surface area contributed by atoms with Crippen molar-refractivity contribution in [2.24, 2.45) is 5.73 Å². The lowest BCUT2D eigenvalue weighted by molar-refractivity contribution is 0.243. The zero-order valence-electron chi connectivity index (χ0n) is 15.5. The number of piperidine rings is 1. The molecule has 156 valence electrons. The lowest BCUT2D eigenvalue weighted by atomic mass is 10.1. The number of aromatic nitrogens is 3. The number of pyridine rings is 1. The molecule has 3 heterocycles.